The monoisotopic (exact) mass is 472 g/mol. The Morgan fingerprint density at radius 1 is 1.00 bits per heavy atom. The van der Waals surface area contributed by atoms with Gasteiger partial charge in [0.2, 0.25) is 10.0 Å². The number of amides is 1. The molecule has 1 N–H and O–H groups in total. The molecule has 0 heterocycles. The highest BCUT2D eigenvalue weighted by atomic mass is 32.2. The minimum Gasteiger partial charge on any atom is -0.496 e. The number of carbonyl (C=O) groups excluding carboxylic acids is 1. The maximum Gasteiger partial charge on any atom is 0.258 e. The number of ether oxygens (including phenoxy) is 2. The van der Waals surface area contributed by atoms with Crippen LogP contribution in [-0.2, 0) is 27.9 Å². The van der Waals surface area contributed by atoms with E-state index in [1.807, 2.05) is 24.3 Å². The second-order valence-corrected chi connectivity index (χ2v) is 9.17. The fraction of sp³-hybridized carbons (Fsp3) is 0.208. The number of hydrogen-bond donors (Lipinski definition) is 1. The van der Waals surface area contributed by atoms with Crippen molar-refractivity contribution in [3.63, 3.8) is 0 Å². The number of anilines is 1. The molecule has 0 spiro atoms. The number of benzene rings is 3. The van der Waals surface area contributed by atoms with Crippen LogP contribution in [0, 0.1) is 5.82 Å². The van der Waals surface area contributed by atoms with Crippen LogP contribution in [0.2, 0.25) is 0 Å². The second-order valence-electron chi connectivity index (χ2n) is 7.27. The molecule has 0 bridgehead atoms. The van der Waals surface area contributed by atoms with Crippen LogP contribution >= 0.6 is 0 Å². The number of methoxy groups -OCH3 is 1. The molecule has 174 valence electrons. The third-order valence-corrected chi connectivity index (χ3v) is 5.94. The summed E-state index contributed by atoms with van der Waals surface area (Å²) in [5.74, 6) is 0.406. The van der Waals surface area contributed by atoms with Crippen LogP contribution in [0.5, 0.6) is 11.5 Å². The van der Waals surface area contributed by atoms with Gasteiger partial charge in [0.25, 0.3) is 5.91 Å². The number of carbonyl (C=O) groups is 1. The minimum absolute atomic E-state index is 0.0602. The first-order valence-electron chi connectivity index (χ1n) is 10.1. The first-order chi connectivity index (χ1) is 15.8. The molecule has 7 nitrogen and oxygen atoms in total. The fourth-order valence-corrected chi connectivity index (χ4v) is 4.00. The second kappa shape index (κ2) is 10.8. The van der Waals surface area contributed by atoms with Crippen LogP contribution in [0.15, 0.2) is 72.8 Å². The van der Waals surface area contributed by atoms with Gasteiger partial charge in [-0.3, -0.25) is 9.10 Å². The van der Waals surface area contributed by atoms with E-state index >= 15 is 0 Å². The van der Waals surface area contributed by atoms with Crippen LogP contribution < -0.4 is 19.1 Å². The van der Waals surface area contributed by atoms with E-state index in [9.17, 15) is 17.6 Å². The zero-order valence-electron chi connectivity index (χ0n) is 18.3. The molecule has 3 rings (SSSR count). The Bertz CT molecular complexity index is 1180. The average Bonchev–Trinajstić information content (AvgIpc) is 2.81. The summed E-state index contributed by atoms with van der Waals surface area (Å²) in [6, 6.07) is 19.4. The number of nitrogens with zero attached hydrogens (tertiary/aromatic N) is 1. The lowest BCUT2D eigenvalue weighted by Crippen LogP contribution is -2.29. The van der Waals surface area contributed by atoms with E-state index in [-0.39, 0.29) is 19.1 Å². The summed E-state index contributed by atoms with van der Waals surface area (Å²) in [7, 11) is -2.01. The lowest BCUT2D eigenvalue weighted by molar-refractivity contribution is -0.123. The molecular weight excluding hydrogens is 447 g/mol. The van der Waals surface area contributed by atoms with Gasteiger partial charge in [-0.15, -0.1) is 0 Å². The van der Waals surface area contributed by atoms with Gasteiger partial charge in [0.1, 0.15) is 17.3 Å². The summed E-state index contributed by atoms with van der Waals surface area (Å²) in [6.45, 7) is 0.169. The Morgan fingerprint density at radius 2 is 1.67 bits per heavy atom. The molecule has 0 aliphatic rings. The highest BCUT2D eigenvalue weighted by Crippen LogP contribution is 2.24. The maximum atomic E-state index is 13.1. The van der Waals surface area contributed by atoms with Crippen LogP contribution in [-0.4, -0.2) is 34.3 Å². The number of rotatable bonds is 10. The van der Waals surface area contributed by atoms with E-state index in [1.54, 1.807) is 31.4 Å². The highest BCUT2D eigenvalue weighted by molar-refractivity contribution is 7.92. The van der Waals surface area contributed by atoms with Crippen LogP contribution in [0.1, 0.15) is 11.1 Å². The lowest BCUT2D eigenvalue weighted by atomic mass is 10.2. The maximum absolute atomic E-state index is 13.1. The van der Waals surface area contributed by atoms with Gasteiger partial charge < -0.3 is 14.8 Å². The molecule has 33 heavy (non-hydrogen) atoms. The first kappa shape index (κ1) is 24.1. The summed E-state index contributed by atoms with van der Waals surface area (Å²) in [6.07, 6.45) is 1.10. The van der Waals surface area contributed by atoms with Gasteiger partial charge in [0, 0.05) is 12.1 Å². The zero-order chi connectivity index (χ0) is 23.8. The van der Waals surface area contributed by atoms with Gasteiger partial charge >= 0.3 is 0 Å². The van der Waals surface area contributed by atoms with E-state index in [0.29, 0.717) is 29.3 Å². The number of sulfonamides is 1. The zero-order valence-corrected chi connectivity index (χ0v) is 19.1. The minimum atomic E-state index is -3.58. The van der Waals surface area contributed by atoms with Crippen LogP contribution in [0.25, 0.3) is 0 Å². The third-order valence-electron chi connectivity index (χ3n) is 4.80. The molecule has 3 aromatic carbocycles. The molecule has 9 heteroatoms. The Kier molecular flexibility index (Phi) is 7.89. The quantitative estimate of drug-likeness (QED) is 0.488. The smallest absolute Gasteiger partial charge is 0.258 e. The van der Waals surface area contributed by atoms with E-state index in [0.717, 1.165) is 11.8 Å². The largest absolute Gasteiger partial charge is 0.496 e. The van der Waals surface area contributed by atoms with E-state index in [1.165, 1.54) is 28.6 Å². The van der Waals surface area contributed by atoms with Gasteiger partial charge in [0.05, 0.1) is 25.6 Å². The van der Waals surface area contributed by atoms with Crippen molar-refractivity contribution in [2.75, 3.05) is 24.3 Å². The molecule has 1 amide bonds. The standard InChI is InChI=1S/C24H25FN2O5S/c1-31-23-6-4-3-5-19(23)15-26-24(28)17-32-22-13-11-21(12-14-22)27(33(2,29)30)16-18-7-9-20(25)10-8-18/h3-14H,15-17H2,1-2H3,(H,26,28). The number of para-hydroxylation sites is 1. The predicted molar refractivity (Wildman–Crippen MR) is 124 cm³/mol. The SMILES string of the molecule is COc1ccccc1CNC(=O)COc1ccc(N(Cc2ccc(F)cc2)S(C)(=O)=O)cc1. The van der Waals surface area contributed by atoms with Gasteiger partial charge in [-0.2, -0.15) is 0 Å². The van der Waals surface area contributed by atoms with Crippen molar-refractivity contribution in [2.45, 2.75) is 13.1 Å². The highest BCUT2D eigenvalue weighted by Gasteiger charge is 2.18. The molecule has 0 aromatic heterocycles. The van der Waals surface area contributed by atoms with Crippen molar-refractivity contribution in [1.82, 2.24) is 5.32 Å². The molecule has 0 aliphatic heterocycles. The molecule has 0 unspecified atom stereocenters. The topological polar surface area (TPSA) is 84.9 Å². The van der Waals surface area contributed by atoms with Crippen LogP contribution in [0.4, 0.5) is 10.1 Å². The third kappa shape index (κ3) is 6.95. The lowest BCUT2D eigenvalue weighted by Gasteiger charge is -2.22. The summed E-state index contributed by atoms with van der Waals surface area (Å²) in [5, 5.41) is 2.77. The number of halogens is 1. The molecular formula is C24H25FN2O5S. The number of nitrogens with one attached hydrogen (secondary N) is 1. The molecule has 3 aromatic rings. The summed E-state index contributed by atoms with van der Waals surface area (Å²) >= 11 is 0. The Morgan fingerprint density at radius 3 is 2.30 bits per heavy atom. The van der Waals surface area contributed by atoms with Gasteiger partial charge in [-0.1, -0.05) is 30.3 Å². The van der Waals surface area contributed by atoms with Crippen molar-refractivity contribution < 1.29 is 27.1 Å². The van der Waals surface area contributed by atoms with Crippen LogP contribution in [0.3, 0.4) is 0 Å². The Labute approximate surface area is 192 Å². The molecule has 0 saturated heterocycles. The summed E-state index contributed by atoms with van der Waals surface area (Å²) < 4.78 is 49.7. The normalized spacial score (nSPS) is 11.0. The molecule has 0 radical (unpaired) electrons. The Balaban J connectivity index is 1.58. The Hall–Kier alpha value is -3.59. The van der Waals surface area contributed by atoms with Crippen molar-refractivity contribution in [1.29, 1.82) is 0 Å². The van der Waals surface area contributed by atoms with Crippen molar-refractivity contribution >= 4 is 21.6 Å². The fourth-order valence-electron chi connectivity index (χ4n) is 3.11. The predicted octanol–water partition coefficient (Wildman–Crippen LogP) is 3.50. The van der Waals surface area contributed by atoms with Crippen molar-refractivity contribution in [2.24, 2.45) is 0 Å². The van der Waals surface area contributed by atoms with E-state index in [4.69, 9.17) is 9.47 Å². The molecule has 0 fully saturated rings. The number of hydrogen-bond acceptors (Lipinski definition) is 5. The average molecular weight is 473 g/mol. The summed E-state index contributed by atoms with van der Waals surface area (Å²) in [5.41, 5.74) is 1.92. The molecule has 0 atom stereocenters. The van der Waals surface area contributed by atoms with Gasteiger partial charge in [0.15, 0.2) is 6.61 Å². The van der Waals surface area contributed by atoms with E-state index in [2.05, 4.69) is 5.32 Å². The van der Waals surface area contributed by atoms with Gasteiger partial charge in [-0.25, -0.2) is 12.8 Å². The van der Waals surface area contributed by atoms with Gasteiger partial charge in [-0.05, 0) is 48.0 Å². The summed E-state index contributed by atoms with van der Waals surface area (Å²) in [4.78, 5) is 12.1. The van der Waals surface area contributed by atoms with E-state index < -0.39 is 15.8 Å². The molecule has 0 aliphatic carbocycles. The molecule has 0 saturated carbocycles. The van der Waals surface area contributed by atoms with Crippen molar-refractivity contribution in [3.8, 4) is 11.5 Å². The van der Waals surface area contributed by atoms with Crippen molar-refractivity contribution in [3.05, 3.63) is 89.7 Å². The first-order valence-corrected chi connectivity index (χ1v) is 11.9.